The molecule has 20 heavy (non-hydrogen) atoms. The molecule has 2 aliphatic rings. The van der Waals surface area contributed by atoms with Crippen molar-refractivity contribution >= 4 is 15.9 Å². The first-order chi connectivity index (χ1) is 9.81. The van der Waals surface area contributed by atoms with Crippen LogP contribution in [-0.4, -0.2) is 30.8 Å². The van der Waals surface area contributed by atoms with Gasteiger partial charge in [-0.15, -0.1) is 0 Å². The number of hydrogen-bond acceptors (Lipinski definition) is 4. The standard InChI is InChI=1S/C15H21BrN2O2/c16-13-7-12(8-17-14-1-2-14)15(18-9-13)20-10-11-3-5-19-6-4-11/h7,9,11,14,17H,1-6,8,10H2. The normalized spacial score (nSPS) is 20.1. The van der Waals surface area contributed by atoms with Crippen molar-refractivity contribution in [2.75, 3.05) is 19.8 Å². The molecule has 1 aliphatic heterocycles. The van der Waals surface area contributed by atoms with Crippen LogP contribution in [0.2, 0.25) is 0 Å². The molecule has 0 aromatic carbocycles. The number of nitrogens with zero attached hydrogens (tertiary/aromatic N) is 1. The minimum atomic E-state index is 0.596. The first-order valence-electron chi connectivity index (χ1n) is 7.39. The Morgan fingerprint density at radius 2 is 2.10 bits per heavy atom. The van der Waals surface area contributed by atoms with Crippen molar-refractivity contribution in [2.24, 2.45) is 5.92 Å². The highest BCUT2D eigenvalue weighted by Crippen LogP contribution is 2.24. The third kappa shape index (κ3) is 4.17. The summed E-state index contributed by atoms with van der Waals surface area (Å²) < 4.78 is 12.3. The van der Waals surface area contributed by atoms with Gasteiger partial charge in [0.25, 0.3) is 0 Å². The van der Waals surface area contributed by atoms with Crippen LogP contribution in [-0.2, 0) is 11.3 Å². The molecular weight excluding hydrogens is 320 g/mol. The Labute approximate surface area is 128 Å². The number of hydrogen-bond donors (Lipinski definition) is 1. The summed E-state index contributed by atoms with van der Waals surface area (Å²) in [5.41, 5.74) is 1.14. The summed E-state index contributed by atoms with van der Waals surface area (Å²) in [5.74, 6) is 1.37. The molecule has 0 atom stereocenters. The molecular formula is C15H21BrN2O2. The van der Waals surface area contributed by atoms with Gasteiger partial charge >= 0.3 is 0 Å². The fraction of sp³-hybridized carbons (Fsp3) is 0.667. The van der Waals surface area contributed by atoms with Crippen LogP contribution >= 0.6 is 15.9 Å². The number of aromatic nitrogens is 1. The molecule has 0 spiro atoms. The smallest absolute Gasteiger partial charge is 0.217 e. The number of nitrogens with one attached hydrogen (secondary N) is 1. The Hall–Kier alpha value is -0.650. The lowest BCUT2D eigenvalue weighted by atomic mass is 10.0. The van der Waals surface area contributed by atoms with E-state index >= 15 is 0 Å². The topological polar surface area (TPSA) is 43.4 Å². The lowest BCUT2D eigenvalue weighted by Gasteiger charge is -2.22. The van der Waals surface area contributed by atoms with Gasteiger partial charge in [-0.25, -0.2) is 4.98 Å². The Kier molecular flexibility index (Phi) is 4.91. The van der Waals surface area contributed by atoms with Crippen LogP contribution in [0.15, 0.2) is 16.7 Å². The molecule has 4 nitrogen and oxygen atoms in total. The van der Waals surface area contributed by atoms with Crippen molar-refractivity contribution in [3.05, 3.63) is 22.3 Å². The van der Waals surface area contributed by atoms with E-state index in [0.717, 1.165) is 55.1 Å². The summed E-state index contributed by atoms with van der Waals surface area (Å²) >= 11 is 3.48. The molecule has 5 heteroatoms. The van der Waals surface area contributed by atoms with E-state index in [4.69, 9.17) is 9.47 Å². The van der Waals surface area contributed by atoms with Gasteiger partial charge in [-0.2, -0.15) is 0 Å². The largest absolute Gasteiger partial charge is 0.477 e. The Balaban J connectivity index is 1.58. The van der Waals surface area contributed by atoms with Crippen LogP contribution in [0.25, 0.3) is 0 Å². The third-order valence-corrected chi connectivity index (χ3v) is 4.28. The van der Waals surface area contributed by atoms with Crippen LogP contribution in [0, 0.1) is 5.92 Å². The summed E-state index contributed by atoms with van der Waals surface area (Å²) in [4.78, 5) is 4.42. The molecule has 1 saturated heterocycles. The van der Waals surface area contributed by atoms with Gasteiger partial charge in [0.15, 0.2) is 0 Å². The molecule has 0 radical (unpaired) electrons. The lowest BCUT2D eigenvalue weighted by Crippen LogP contribution is -2.22. The quantitative estimate of drug-likeness (QED) is 0.864. The average Bonchev–Trinajstić information content (AvgIpc) is 3.29. The molecule has 1 aliphatic carbocycles. The van der Waals surface area contributed by atoms with Gasteiger partial charge in [-0.1, -0.05) is 0 Å². The fourth-order valence-electron chi connectivity index (χ4n) is 2.38. The molecule has 0 bridgehead atoms. The molecule has 1 aromatic rings. The Morgan fingerprint density at radius 1 is 1.30 bits per heavy atom. The zero-order chi connectivity index (χ0) is 13.8. The molecule has 1 aromatic heterocycles. The van der Waals surface area contributed by atoms with E-state index in [-0.39, 0.29) is 0 Å². The molecule has 0 amide bonds. The maximum atomic E-state index is 5.96. The molecule has 1 N–H and O–H groups in total. The second-order valence-electron chi connectivity index (χ2n) is 5.64. The van der Waals surface area contributed by atoms with Crippen molar-refractivity contribution in [2.45, 2.75) is 38.3 Å². The highest BCUT2D eigenvalue weighted by molar-refractivity contribution is 9.10. The van der Waals surface area contributed by atoms with Gasteiger partial charge in [-0.05, 0) is 53.6 Å². The van der Waals surface area contributed by atoms with Crippen molar-refractivity contribution in [1.82, 2.24) is 10.3 Å². The highest BCUT2D eigenvalue weighted by Gasteiger charge is 2.21. The zero-order valence-electron chi connectivity index (χ0n) is 11.6. The fourth-order valence-corrected chi connectivity index (χ4v) is 2.76. The summed E-state index contributed by atoms with van der Waals surface area (Å²) in [5, 5.41) is 3.52. The van der Waals surface area contributed by atoms with Gasteiger partial charge in [0, 0.05) is 42.0 Å². The van der Waals surface area contributed by atoms with Crippen molar-refractivity contribution < 1.29 is 9.47 Å². The Bertz CT molecular complexity index is 445. The Morgan fingerprint density at radius 3 is 2.85 bits per heavy atom. The van der Waals surface area contributed by atoms with Crippen LogP contribution in [0.1, 0.15) is 31.2 Å². The van der Waals surface area contributed by atoms with Crippen LogP contribution in [0.4, 0.5) is 0 Å². The SMILES string of the molecule is Brc1cnc(OCC2CCOCC2)c(CNC2CC2)c1. The van der Waals surface area contributed by atoms with Crippen LogP contribution in [0.3, 0.4) is 0 Å². The molecule has 1 saturated carbocycles. The average molecular weight is 341 g/mol. The predicted molar refractivity (Wildman–Crippen MR) is 80.8 cm³/mol. The predicted octanol–water partition coefficient (Wildman–Crippen LogP) is 2.90. The minimum absolute atomic E-state index is 0.596. The molecule has 110 valence electrons. The minimum Gasteiger partial charge on any atom is -0.477 e. The van der Waals surface area contributed by atoms with E-state index in [1.54, 1.807) is 6.20 Å². The van der Waals surface area contributed by atoms with E-state index in [1.807, 2.05) is 0 Å². The molecule has 3 rings (SSSR count). The van der Waals surface area contributed by atoms with Crippen LogP contribution < -0.4 is 10.1 Å². The van der Waals surface area contributed by atoms with Gasteiger partial charge in [0.1, 0.15) is 0 Å². The monoisotopic (exact) mass is 340 g/mol. The van der Waals surface area contributed by atoms with Gasteiger partial charge in [0.05, 0.1) is 6.61 Å². The summed E-state index contributed by atoms with van der Waals surface area (Å²) in [6.07, 6.45) is 6.57. The van der Waals surface area contributed by atoms with Gasteiger partial charge in [0.2, 0.25) is 5.88 Å². The van der Waals surface area contributed by atoms with E-state index in [0.29, 0.717) is 12.0 Å². The summed E-state index contributed by atoms with van der Waals surface area (Å²) in [7, 11) is 0. The molecule has 2 heterocycles. The van der Waals surface area contributed by atoms with E-state index in [2.05, 4.69) is 32.3 Å². The summed E-state index contributed by atoms with van der Waals surface area (Å²) in [6.45, 7) is 3.30. The first-order valence-corrected chi connectivity index (χ1v) is 8.19. The number of rotatable bonds is 6. The van der Waals surface area contributed by atoms with Gasteiger partial charge in [-0.3, -0.25) is 0 Å². The molecule has 0 unspecified atom stereocenters. The van der Waals surface area contributed by atoms with Crippen LogP contribution in [0.5, 0.6) is 5.88 Å². The summed E-state index contributed by atoms with van der Waals surface area (Å²) in [6, 6.07) is 2.79. The molecule has 2 fully saturated rings. The second kappa shape index (κ2) is 6.87. The van der Waals surface area contributed by atoms with Gasteiger partial charge < -0.3 is 14.8 Å². The number of ether oxygens (including phenoxy) is 2. The zero-order valence-corrected chi connectivity index (χ0v) is 13.2. The van der Waals surface area contributed by atoms with Crippen molar-refractivity contribution in [3.63, 3.8) is 0 Å². The second-order valence-corrected chi connectivity index (χ2v) is 6.56. The van der Waals surface area contributed by atoms with Crippen molar-refractivity contribution in [1.29, 1.82) is 0 Å². The first kappa shape index (κ1) is 14.3. The highest BCUT2D eigenvalue weighted by atomic mass is 79.9. The van der Waals surface area contributed by atoms with E-state index in [9.17, 15) is 0 Å². The van der Waals surface area contributed by atoms with Crippen molar-refractivity contribution in [3.8, 4) is 5.88 Å². The van der Waals surface area contributed by atoms with E-state index < -0.39 is 0 Å². The lowest BCUT2D eigenvalue weighted by molar-refractivity contribution is 0.0488. The third-order valence-electron chi connectivity index (χ3n) is 3.85. The number of pyridine rings is 1. The number of halogens is 1. The maximum Gasteiger partial charge on any atom is 0.217 e. The maximum absolute atomic E-state index is 5.96. The van der Waals surface area contributed by atoms with E-state index in [1.165, 1.54) is 12.8 Å².